The molecule has 1 aliphatic heterocycles. The van der Waals surface area contributed by atoms with Crippen LogP contribution in [0.5, 0.6) is 5.75 Å². The van der Waals surface area contributed by atoms with Crippen molar-refractivity contribution in [3.05, 3.63) is 42.0 Å². The van der Waals surface area contributed by atoms with Gasteiger partial charge in [0.15, 0.2) is 0 Å². The number of aryl methyl sites for hydroxylation is 1. The van der Waals surface area contributed by atoms with Gasteiger partial charge in [0.05, 0.1) is 31.4 Å². The number of imidazole rings is 1. The second-order valence-electron chi connectivity index (χ2n) is 9.25. The summed E-state index contributed by atoms with van der Waals surface area (Å²) in [5, 5.41) is 0. The first-order chi connectivity index (χ1) is 16.1. The monoisotopic (exact) mass is 500 g/mol. The Balaban J connectivity index is 1.78. The molecule has 2 aliphatic rings. The van der Waals surface area contributed by atoms with Crippen LogP contribution in [0.2, 0.25) is 0 Å². The molecule has 2 heterocycles. The number of aromatic nitrogens is 2. The molecule has 0 spiro atoms. The largest absolute Gasteiger partial charge is 0.511 e. The van der Waals surface area contributed by atoms with Gasteiger partial charge in [0.25, 0.3) is 0 Å². The summed E-state index contributed by atoms with van der Waals surface area (Å²) in [5.41, 5.74) is -3.51. The van der Waals surface area contributed by atoms with E-state index in [2.05, 4.69) is 4.98 Å². The van der Waals surface area contributed by atoms with Gasteiger partial charge in [0.2, 0.25) is 0 Å². The quantitative estimate of drug-likeness (QED) is 0.562. The van der Waals surface area contributed by atoms with E-state index in [0.29, 0.717) is 40.2 Å². The minimum absolute atomic E-state index is 0.251. The van der Waals surface area contributed by atoms with Crippen molar-refractivity contribution in [2.75, 3.05) is 18.6 Å². The van der Waals surface area contributed by atoms with Crippen LogP contribution in [0, 0.1) is 5.92 Å². The van der Waals surface area contributed by atoms with Crippen LogP contribution in [0.3, 0.4) is 0 Å². The number of rotatable bonds is 7. The van der Waals surface area contributed by atoms with E-state index in [4.69, 9.17) is 4.74 Å². The van der Waals surface area contributed by atoms with Gasteiger partial charge in [0, 0.05) is 32.4 Å². The molecule has 1 aliphatic carbocycles. The van der Waals surface area contributed by atoms with Gasteiger partial charge in [-0.25, -0.2) is 13.4 Å². The van der Waals surface area contributed by atoms with Gasteiger partial charge in [-0.3, -0.25) is 0 Å². The summed E-state index contributed by atoms with van der Waals surface area (Å²) < 4.78 is 73.9. The third-order valence-corrected chi connectivity index (χ3v) is 8.44. The molecule has 1 atom stereocenters. The Morgan fingerprint density at radius 1 is 1.18 bits per heavy atom. The molecule has 2 aromatic rings. The molecule has 188 valence electrons. The highest BCUT2D eigenvalue weighted by Gasteiger charge is 2.51. The Kier molecular flexibility index (Phi) is 7.14. The van der Waals surface area contributed by atoms with Crippen LogP contribution >= 0.6 is 0 Å². The highest BCUT2D eigenvalue weighted by molar-refractivity contribution is 7.89. The van der Waals surface area contributed by atoms with Gasteiger partial charge in [-0.15, -0.1) is 0 Å². The molecule has 34 heavy (non-hydrogen) atoms. The third kappa shape index (κ3) is 5.05. The van der Waals surface area contributed by atoms with E-state index in [-0.39, 0.29) is 13.1 Å². The average molecular weight is 501 g/mol. The molecule has 4 rings (SSSR count). The number of para-hydroxylation sites is 1. The summed E-state index contributed by atoms with van der Waals surface area (Å²) in [7, 11) is -2.14. The maximum Gasteiger partial charge on any atom is 0.511 e. The molecular formula is C23H31F3N4O3S. The number of benzene rings is 1. The number of fused-ring (bicyclic) bond motifs is 1. The molecule has 0 N–H and O–H groups in total. The predicted molar refractivity (Wildman–Crippen MR) is 123 cm³/mol. The minimum atomic E-state index is -5.50. The topological polar surface area (TPSA) is 67.7 Å². The van der Waals surface area contributed by atoms with Crippen LogP contribution in [-0.2, 0) is 30.2 Å². The Labute approximate surface area is 198 Å². The third-order valence-electron chi connectivity index (χ3n) is 6.90. The van der Waals surface area contributed by atoms with Crippen LogP contribution in [0.4, 0.5) is 18.9 Å². The molecule has 11 heteroatoms. The van der Waals surface area contributed by atoms with E-state index in [1.807, 2.05) is 22.7 Å². The summed E-state index contributed by atoms with van der Waals surface area (Å²) in [6, 6.07) is 4.64. The van der Waals surface area contributed by atoms with Gasteiger partial charge in [-0.05, 0) is 30.4 Å². The maximum atomic E-state index is 13.6. The lowest BCUT2D eigenvalue weighted by atomic mass is 9.97. The lowest BCUT2D eigenvalue weighted by molar-refractivity contribution is -0.0492. The van der Waals surface area contributed by atoms with E-state index < -0.39 is 21.6 Å². The van der Waals surface area contributed by atoms with Crippen molar-refractivity contribution in [3.8, 4) is 5.75 Å². The number of hydrogen-bond acceptors (Lipinski definition) is 5. The number of halogens is 3. The zero-order valence-corrected chi connectivity index (χ0v) is 20.3. The molecule has 1 saturated carbocycles. The highest BCUT2D eigenvalue weighted by Crippen LogP contribution is 2.41. The summed E-state index contributed by atoms with van der Waals surface area (Å²) in [5.74, 6) is 1.02. The van der Waals surface area contributed by atoms with Crippen LogP contribution in [0.25, 0.3) is 0 Å². The molecule has 0 unspecified atom stereocenters. The lowest BCUT2D eigenvalue weighted by Crippen LogP contribution is -2.47. The van der Waals surface area contributed by atoms with Crippen molar-refractivity contribution < 1.29 is 26.3 Å². The predicted octanol–water partition coefficient (Wildman–Crippen LogP) is 4.44. The first kappa shape index (κ1) is 24.8. The molecule has 1 aromatic carbocycles. The van der Waals surface area contributed by atoms with Crippen molar-refractivity contribution in [3.63, 3.8) is 0 Å². The Bertz CT molecular complexity index is 1100. The molecule has 0 saturated heterocycles. The summed E-state index contributed by atoms with van der Waals surface area (Å²) in [4.78, 5) is 6.41. The molecule has 1 fully saturated rings. The summed E-state index contributed by atoms with van der Waals surface area (Å²) in [6.07, 6.45) is 9.50. The Hall–Kier alpha value is -2.27. The fourth-order valence-electron chi connectivity index (χ4n) is 5.19. The lowest BCUT2D eigenvalue weighted by Gasteiger charge is -2.35. The van der Waals surface area contributed by atoms with Crippen LogP contribution in [0.15, 0.2) is 30.7 Å². The van der Waals surface area contributed by atoms with E-state index in [1.165, 1.54) is 7.11 Å². The Morgan fingerprint density at radius 2 is 1.91 bits per heavy atom. The number of nitrogens with zero attached hydrogens (tertiary/aromatic N) is 4. The van der Waals surface area contributed by atoms with Crippen LogP contribution < -0.4 is 9.64 Å². The zero-order valence-electron chi connectivity index (χ0n) is 19.5. The molecule has 0 radical (unpaired) electrons. The number of sulfonamides is 1. The number of ether oxygens (including phenoxy) is 1. The fourth-order valence-corrected chi connectivity index (χ4v) is 6.16. The fraction of sp³-hybridized carbons (Fsp3) is 0.609. The van der Waals surface area contributed by atoms with Crippen LogP contribution in [-0.4, -0.2) is 47.5 Å². The molecule has 0 bridgehead atoms. The number of alkyl halides is 3. The zero-order chi connectivity index (χ0) is 24.5. The number of methoxy groups -OCH3 is 1. The van der Waals surface area contributed by atoms with Crippen molar-refractivity contribution >= 4 is 15.7 Å². The molecule has 7 nitrogen and oxygen atoms in total. The van der Waals surface area contributed by atoms with Crippen molar-refractivity contribution in [2.45, 2.75) is 63.2 Å². The van der Waals surface area contributed by atoms with Gasteiger partial charge in [0.1, 0.15) is 5.75 Å². The molecular weight excluding hydrogens is 469 g/mol. The average Bonchev–Trinajstić information content (AvgIpc) is 3.41. The van der Waals surface area contributed by atoms with Crippen molar-refractivity contribution in [2.24, 2.45) is 13.0 Å². The Morgan fingerprint density at radius 3 is 2.53 bits per heavy atom. The first-order valence-electron chi connectivity index (χ1n) is 11.6. The van der Waals surface area contributed by atoms with Gasteiger partial charge in [-0.2, -0.15) is 17.5 Å². The minimum Gasteiger partial charge on any atom is -0.495 e. The standard InChI is InChI=1S/C23H31F3N4O3S/c1-28-13-19(27-16-28)14-30-20(11-10-17-6-3-4-7-17)15-29(34(31,32)23(24,25)26)12-18-8-5-9-21(33-2)22(18)30/h5,8-9,13,16-17,20H,3-4,6-7,10-12,14-15H2,1-2H3/t20-/m0/s1. The van der Waals surface area contributed by atoms with Gasteiger partial charge < -0.3 is 14.2 Å². The SMILES string of the molecule is COc1cccc2c1N(Cc1cn(C)cn1)[C@@H](CCC1CCCC1)CN(S(=O)(=O)C(F)(F)F)C2. The van der Waals surface area contributed by atoms with E-state index in [9.17, 15) is 21.6 Å². The van der Waals surface area contributed by atoms with Crippen LogP contribution in [0.1, 0.15) is 49.8 Å². The normalized spacial score (nSPS) is 20.4. The highest BCUT2D eigenvalue weighted by atomic mass is 32.2. The van der Waals surface area contributed by atoms with Gasteiger partial charge >= 0.3 is 15.5 Å². The summed E-state index contributed by atoms with van der Waals surface area (Å²) >= 11 is 0. The smallest absolute Gasteiger partial charge is 0.495 e. The maximum absolute atomic E-state index is 13.6. The van der Waals surface area contributed by atoms with Gasteiger partial charge in [-0.1, -0.05) is 37.8 Å². The number of anilines is 1. The second kappa shape index (κ2) is 9.77. The van der Waals surface area contributed by atoms with Crippen molar-refractivity contribution in [1.82, 2.24) is 13.9 Å². The van der Waals surface area contributed by atoms with Crippen molar-refractivity contribution in [1.29, 1.82) is 0 Å². The van der Waals surface area contributed by atoms with E-state index in [1.54, 1.807) is 24.5 Å². The second-order valence-corrected chi connectivity index (χ2v) is 11.2. The first-order valence-corrected chi connectivity index (χ1v) is 13.0. The number of hydrogen-bond donors (Lipinski definition) is 0. The molecule has 1 aromatic heterocycles. The molecule has 0 amide bonds. The van der Waals surface area contributed by atoms with E-state index in [0.717, 1.165) is 37.8 Å². The van der Waals surface area contributed by atoms with E-state index >= 15 is 0 Å². The summed E-state index contributed by atoms with van der Waals surface area (Å²) in [6.45, 7) is -0.282.